The summed E-state index contributed by atoms with van der Waals surface area (Å²) in [5.41, 5.74) is -0.515. The van der Waals surface area contributed by atoms with Crippen LogP contribution >= 0.6 is 11.8 Å². The van der Waals surface area contributed by atoms with E-state index in [0.717, 1.165) is 38.1 Å². The fourth-order valence-corrected chi connectivity index (χ4v) is 4.93. The summed E-state index contributed by atoms with van der Waals surface area (Å²) in [6, 6.07) is 2.22. The van der Waals surface area contributed by atoms with E-state index >= 15 is 0 Å². The van der Waals surface area contributed by atoms with Gasteiger partial charge in [-0.15, -0.1) is 0 Å². The maximum absolute atomic E-state index is 13.1. The minimum atomic E-state index is -0.515. The van der Waals surface area contributed by atoms with Crippen molar-refractivity contribution in [2.45, 2.75) is 55.9 Å². The Hall–Kier alpha value is -1.01. The number of carbonyl (C=O) groups excluding carboxylic acids is 1. The molecule has 0 aromatic carbocycles. The van der Waals surface area contributed by atoms with Gasteiger partial charge in [0.15, 0.2) is 0 Å². The van der Waals surface area contributed by atoms with E-state index in [1.165, 1.54) is 12.8 Å². The standard InChI is InChI=1S/C16H26N4OS/c1-2-22-14-6-3-5-13(14)19-15(21)16(7-10-17-11-8-16)20-12-4-9-18-20/h4,9,12-14,17H,2-3,5-8,10-11H2,1H3,(H,19,21). The summed E-state index contributed by atoms with van der Waals surface area (Å²) >= 11 is 1.98. The Morgan fingerprint density at radius 1 is 1.45 bits per heavy atom. The predicted octanol–water partition coefficient (Wildman–Crippen LogP) is 1.75. The average Bonchev–Trinajstić information content (AvgIpc) is 3.21. The van der Waals surface area contributed by atoms with Crippen molar-refractivity contribution in [2.24, 2.45) is 0 Å². The molecular formula is C16H26N4OS. The Labute approximate surface area is 136 Å². The summed E-state index contributed by atoms with van der Waals surface area (Å²) in [5, 5.41) is 11.7. The first-order valence-electron chi connectivity index (χ1n) is 8.39. The Morgan fingerprint density at radius 3 is 2.95 bits per heavy atom. The number of nitrogens with zero attached hydrogens (tertiary/aromatic N) is 2. The summed E-state index contributed by atoms with van der Waals surface area (Å²) in [4.78, 5) is 13.1. The van der Waals surface area contributed by atoms with Crippen LogP contribution in [0.25, 0.3) is 0 Å². The van der Waals surface area contributed by atoms with E-state index in [9.17, 15) is 4.79 Å². The highest BCUT2D eigenvalue weighted by atomic mass is 32.2. The van der Waals surface area contributed by atoms with E-state index in [2.05, 4.69) is 22.7 Å². The largest absolute Gasteiger partial charge is 0.350 e. The van der Waals surface area contributed by atoms with Crippen LogP contribution in [0, 0.1) is 0 Å². The number of rotatable bonds is 5. The fourth-order valence-electron chi connectivity index (χ4n) is 3.73. The molecule has 1 amide bonds. The van der Waals surface area contributed by atoms with E-state index < -0.39 is 5.54 Å². The van der Waals surface area contributed by atoms with Crippen molar-refractivity contribution in [3.8, 4) is 0 Å². The first-order valence-corrected chi connectivity index (χ1v) is 9.44. The molecule has 2 unspecified atom stereocenters. The van der Waals surface area contributed by atoms with Crippen LogP contribution in [-0.4, -0.2) is 45.8 Å². The molecule has 0 radical (unpaired) electrons. The second-order valence-electron chi connectivity index (χ2n) is 6.24. The SMILES string of the molecule is CCSC1CCCC1NC(=O)C1(n2cccn2)CCNCC1. The van der Waals surface area contributed by atoms with Gasteiger partial charge in [-0.1, -0.05) is 13.3 Å². The number of hydrogen-bond donors (Lipinski definition) is 2. The molecule has 1 aromatic heterocycles. The van der Waals surface area contributed by atoms with E-state index in [4.69, 9.17) is 0 Å². The molecule has 2 heterocycles. The normalized spacial score (nSPS) is 27.7. The molecule has 1 saturated carbocycles. The highest BCUT2D eigenvalue weighted by Gasteiger charge is 2.43. The first-order chi connectivity index (χ1) is 10.8. The summed E-state index contributed by atoms with van der Waals surface area (Å²) in [6.45, 7) is 3.93. The van der Waals surface area contributed by atoms with Crippen LogP contribution in [0.3, 0.4) is 0 Å². The van der Waals surface area contributed by atoms with Crippen LogP contribution in [-0.2, 0) is 10.3 Å². The minimum absolute atomic E-state index is 0.159. The second kappa shape index (κ2) is 7.04. The molecule has 5 nitrogen and oxygen atoms in total. The van der Waals surface area contributed by atoms with Gasteiger partial charge in [-0.3, -0.25) is 9.48 Å². The fraction of sp³-hybridized carbons (Fsp3) is 0.750. The van der Waals surface area contributed by atoms with Crippen LogP contribution in [0.2, 0.25) is 0 Å². The van der Waals surface area contributed by atoms with Crippen LogP contribution in [0.1, 0.15) is 39.0 Å². The third-order valence-electron chi connectivity index (χ3n) is 4.95. The summed E-state index contributed by atoms with van der Waals surface area (Å²) < 4.78 is 1.88. The molecule has 6 heteroatoms. The number of carbonyl (C=O) groups is 1. The Bertz CT molecular complexity index is 484. The predicted molar refractivity (Wildman–Crippen MR) is 90.0 cm³/mol. The molecule has 1 aliphatic heterocycles. The van der Waals surface area contributed by atoms with Gasteiger partial charge in [-0.25, -0.2) is 0 Å². The molecular weight excluding hydrogens is 296 g/mol. The molecule has 1 saturated heterocycles. The molecule has 1 aliphatic carbocycles. The summed E-state index contributed by atoms with van der Waals surface area (Å²) in [6.07, 6.45) is 8.85. The second-order valence-corrected chi connectivity index (χ2v) is 7.75. The van der Waals surface area contributed by atoms with E-state index in [1.807, 2.05) is 28.7 Å². The maximum atomic E-state index is 13.1. The van der Waals surface area contributed by atoms with Crippen molar-refractivity contribution in [3.05, 3.63) is 18.5 Å². The van der Waals surface area contributed by atoms with Gasteiger partial charge in [0.25, 0.3) is 0 Å². The molecule has 3 rings (SSSR count). The third-order valence-corrected chi connectivity index (χ3v) is 6.27. The van der Waals surface area contributed by atoms with Gasteiger partial charge in [0.2, 0.25) is 5.91 Å². The number of piperidine rings is 1. The highest BCUT2D eigenvalue weighted by Crippen LogP contribution is 2.32. The van der Waals surface area contributed by atoms with Crippen LogP contribution in [0.5, 0.6) is 0 Å². The highest BCUT2D eigenvalue weighted by molar-refractivity contribution is 7.99. The molecule has 1 aromatic rings. The number of aromatic nitrogens is 2. The van der Waals surface area contributed by atoms with E-state index in [1.54, 1.807) is 6.20 Å². The van der Waals surface area contributed by atoms with E-state index in [-0.39, 0.29) is 5.91 Å². The van der Waals surface area contributed by atoms with Gasteiger partial charge in [0, 0.05) is 23.7 Å². The van der Waals surface area contributed by atoms with Crippen molar-refractivity contribution < 1.29 is 4.79 Å². The summed E-state index contributed by atoms with van der Waals surface area (Å²) in [5.74, 6) is 1.27. The minimum Gasteiger partial charge on any atom is -0.350 e. The number of nitrogens with one attached hydrogen (secondary N) is 2. The molecule has 0 spiro atoms. The lowest BCUT2D eigenvalue weighted by Gasteiger charge is -2.37. The first kappa shape index (κ1) is 15.9. The van der Waals surface area contributed by atoms with Crippen molar-refractivity contribution >= 4 is 17.7 Å². The maximum Gasteiger partial charge on any atom is 0.248 e. The molecule has 2 N–H and O–H groups in total. The van der Waals surface area contributed by atoms with Crippen molar-refractivity contribution in [1.29, 1.82) is 0 Å². The van der Waals surface area contributed by atoms with Crippen molar-refractivity contribution in [1.82, 2.24) is 20.4 Å². The van der Waals surface area contributed by atoms with Gasteiger partial charge < -0.3 is 10.6 Å². The Morgan fingerprint density at radius 2 is 2.27 bits per heavy atom. The third kappa shape index (κ3) is 3.04. The lowest BCUT2D eigenvalue weighted by Crippen LogP contribution is -2.57. The molecule has 2 atom stereocenters. The zero-order chi connectivity index (χ0) is 15.4. The van der Waals surface area contributed by atoms with E-state index in [0.29, 0.717) is 11.3 Å². The zero-order valence-electron chi connectivity index (χ0n) is 13.3. The molecule has 0 bridgehead atoms. The number of hydrogen-bond acceptors (Lipinski definition) is 4. The van der Waals surface area contributed by atoms with Crippen molar-refractivity contribution in [2.75, 3.05) is 18.8 Å². The molecule has 2 fully saturated rings. The lowest BCUT2D eigenvalue weighted by molar-refractivity contribution is -0.132. The van der Waals surface area contributed by atoms with Gasteiger partial charge in [0.05, 0.1) is 0 Å². The van der Waals surface area contributed by atoms with Crippen LogP contribution < -0.4 is 10.6 Å². The zero-order valence-corrected chi connectivity index (χ0v) is 14.1. The van der Waals surface area contributed by atoms with Gasteiger partial charge in [-0.05, 0) is 50.6 Å². The molecule has 122 valence electrons. The van der Waals surface area contributed by atoms with Crippen molar-refractivity contribution in [3.63, 3.8) is 0 Å². The number of thioether (sulfide) groups is 1. The summed E-state index contributed by atoms with van der Waals surface area (Å²) in [7, 11) is 0. The average molecular weight is 322 g/mol. The Kier molecular flexibility index (Phi) is 5.08. The molecule has 2 aliphatic rings. The van der Waals surface area contributed by atoms with Gasteiger partial charge in [-0.2, -0.15) is 16.9 Å². The van der Waals surface area contributed by atoms with Crippen LogP contribution in [0.4, 0.5) is 0 Å². The smallest absolute Gasteiger partial charge is 0.248 e. The van der Waals surface area contributed by atoms with Crippen LogP contribution in [0.15, 0.2) is 18.5 Å². The van der Waals surface area contributed by atoms with Gasteiger partial charge >= 0.3 is 0 Å². The lowest BCUT2D eigenvalue weighted by atomic mass is 9.87. The van der Waals surface area contributed by atoms with Gasteiger partial charge in [0.1, 0.15) is 5.54 Å². The monoisotopic (exact) mass is 322 g/mol. The molecule has 22 heavy (non-hydrogen) atoms. The topological polar surface area (TPSA) is 59.0 Å². The Balaban J connectivity index is 1.75. The quantitative estimate of drug-likeness (QED) is 0.867. The number of amides is 1.